The van der Waals surface area contributed by atoms with Crippen LogP contribution < -0.4 is 10.5 Å². The number of sulfonamides is 1. The third-order valence-corrected chi connectivity index (χ3v) is 4.15. The molecule has 0 saturated carbocycles. The number of nitrogens with two attached hydrogens (primary N) is 1. The Hall–Kier alpha value is -2.37. The van der Waals surface area contributed by atoms with Crippen molar-refractivity contribution in [3.8, 4) is 6.07 Å². The van der Waals surface area contributed by atoms with E-state index in [9.17, 15) is 8.42 Å². The van der Waals surface area contributed by atoms with Crippen LogP contribution in [0, 0.1) is 11.3 Å². The Morgan fingerprint density at radius 3 is 2.90 bits per heavy atom. The molecule has 0 amide bonds. The Morgan fingerprint density at radius 1 is 1.45 bits per heavy atom. The minimum atomic E-state index is -3.73. The van der Waals surface area contributed by atoms with Crippen molar-refractivity contribution < 1.29 is 8.42 Å². The Labute approximate surface area is 116 Å². The van der Waals surface area contributed by atoms with Gasteiger partial charge in [-0.25, -0.2) is 18.1 Å². The molecule has 0 radical (unpaired) electrons. The fourth-order valence-corrected chi connectivity index (χ4v) is 2.83. The van der Waals surface area contributed by atoms with Gasteiger partial charge >= 0.3 is 0 Å². The predicted octanol–water partition coefficient (Wildman–Crippen LogP) is 0.315. The van der Waals surface area contributed by atoms with E-state index in [0.29, 0.717) is 12.2 Å². The molecule has 2 aromatic rings. The highest BCUT2D eigenvalue weighted by Gasteiger charge is 2.18. The maximum absolute atomic E-state index is 12.1. The summed E-state index contributed by atoms with van der Waals surface area (Å²) in [5.74, 6) is 0. The van der Waals surface area contributed by atoms with Crippen molar-refractivity contribution in [2.45, 2.75) is 11.4 Å². The summed E-state index contributed by atoms with van der Waals surface area (Å²) in [7, 11) is -3.73. The van der Waals surface area contributed by atoms with Crippen LogP contribution in [-0.2, 0) is 16.6 Å². The quantitative estimate of drug-likeness (QED) is 0.770. The van der Waals surface area contributed by atoms with Crippen LogP contribution >= 0.6 is 0 Å². The number of imidazole rings is 1. The summed E-state index contributed by atoms with van der Waals surface area (Å²) in [5.41, 5.74) is 5.91. The number of rotatable bonds is 5. The van der Waals surface area contributed by atoms with Crippen LogP contribution in [0.25, 0.3) is 0 Å². The minimum Gasteiger partial charge on any atom is -0.399 e. The Kier molecular flexibility index (Phi) is 4.02. The second kappa shape index (κ2) is 5.73. The summed E-state index contributed by atoms with van der Waals surface area (Å²) in [6, 6.07) is 5.95. The molecule has 0 spiro atoms. The average molecular weight is 291 g/mol. The molecule has 1 heterocycles. The number of hydrogen-bond acceptors (Lipinski definition) is 5. The van der Waals surface area contributed by atoms with Gasteiger partial charge in [0, 0.05) is 31.2 Å². The van der Waals surface area contributed by atoms with E-state index >= 15 is 0 Å². The minimum absolute atomic E-state index is 0.0279. The van der Waals surface area contributed by atoms with Gasteiger partial charge in [-0.05, 0) is 18.2 Å². The highest BCUT2D eigenvalue weighted by Crippen LogP contribution is 2.17. The highest BCUT2D eigenvalue weighted by atomic mass is 32.2. The van der Waals surface area contributed by atoms with Crippen molar-refractivity contribution in [1.29, 1.82) is 5.26 Å². The number of nitrogen functional groups attached to an aromatic ring is 1. The summed E-state index contributed by atoms with van der Waals surface area (Å²) >= 11 is 0. The first-order valence-electron chi connectivity index (χ1n) is 5.78. The zero-order valence-electron chi connectivity index (χ0n) is 10.5. The highest BCUT2D eigenvalue weighted by molar-refractivity contribution is 7.89. The molecule has 20 heavy (non-hydrogen) atoms. The number of hydrogen-bond donors (Lipinski definition) is 2. The average Bonchev–Trinajstić information content (AvgIpc) is 2.91. The Balaban J connectivity index is 2.12. The molecule has 7 nitrogen and oxygen atoms in total. The lowest BCUT2D eigenvalue weighted by Crippen LogP contribution is -2.27. The van der Waals surface area contributed by atoms with Crippen LogP contribution in [-0.4, -0.2) is 24.5 Å². The number of nitrogens with zero attached hydrogens (tertiary/aromatic N) is 3. The van der Waals surface area contributed by atoms with Crippen LogP contribution in [0.5, 0.6) is 0 Å². The maximum Gasteiger partial charge on any atom is 0.241 e. The SMILES string of the molecule is N#Cc1cc(N)ccc1S(=O)(=O)NCCn1ccnc1. The van der Waals surface area contributed by atoms with E-state index in [1.54, 1.807) is 23.3 Å². The first kappa shape index (κ1) is 14.0. The van der Waals surface area contributed by atoms with E-state index in [2.05, 4.69) is 9.71 Å². The summed E-state index contributed by atoms with van der Waals surface area (Å²) in [4.78, 5) is 3.79. The summed E-state index contributed by atoms with van der Waals surface area (Å²) in [5, 5.41) is 8.97. The van der Waals surface area contributed by atoms with Gasteiger partial charge in [0.05, 0.1) is 16.8 Å². The van der Waals surface area contributed by atoms with E-state index in [1.165, 1.54) is 18.2 Å². The number of benzene rings is 1. The van der Waals surface area contributed by atoms with E-state index in [4.69, 9.17) is 11.0 Å². The van der Waals surface area contributed by atoms with Gasteiger partial charge < -0.3 is 10.3 Å². The van der Waals surface area contributed by atoms with Gasteiger partial charge in [-0.3, -0.25) is 0 Å². The van der Waals surface area contributed by atoms with E-state index in [0.717, 1.165) is 0 Å². The lowest BCUT2D eigenvalue weighted by atomic mass is 10.2. The van der Waals surface area contributed by atoms with E-state index in [-0.39, 0.29) is 17.0 Å². The summed E-state index contributed by atoms with van der Waals surface area (Å²) in [6.45, 7) is 0.657. The third kappa shape index (κ3) is 3.14. The standard InChI is InChI=1S/C12H13N5O2S/c13-8-10-7-11(14)1-2-12(10)20(18,19)16-4-6-17-5-3-15-9-17/h1-3,5,7,9,16H,4,6,14H2. The first-order chi connectivity index (χ1) is 9.53. The van der Waals surface area contributed by atoms with Gasteiger partial charge in [0.1, 0.15) is 6.07 Å². The summed E-state index contributed by atoms with van der Waals surface area (Å²) < 4.78 is 28.4. The fourth-order valence-electron chi connectivity index (χ4n) is 1.68. The monoisotopic (exact) mass is 291 g/mol. The topological polar surface area (TPSA) is 114 Å². The maximum atomic E-state index is 12.1. The van der Waals surface area contributed by atoms with Gasteiger partial charge in [0.25, 0.3) is 0 Å². The molecule has 0 fully saturated rings. The smallest absolute Gasteiger partial charge is 0.241 e. The molecule has 0 aliphatic heterocycles. The molecule has 1 aromatic heterocycles. The Bertz CT molecular complexity index is 732. The number of anilines is 1. The lowest BCUT2D eigenvalue weighted by Gasteiger charge is -2.09. The molecular formula is C12H13N5O2S. The molecule has 8 heteroatoms. The van der Waals surface area contributed by atoms with E-state index in [1.807, 2.05) is 6.07 Å². The zero-order valence-corrected chi connectivity index (χ0v) is 11.3. The number of nitriles is 1. The molecular weight excluding hydrogens is 278 g/mol. The predicted molar refractivity (Wildman–Crippen MR) is 73.0 cm³/mol. The largest absolute Gasteiger partial charge is 0.399 e. The third-order valence-electron chi connectivity index (χ3n) is 2.63. The van der Waals surface area contributed by atoms with E-state index < -0.39 is 10.0 Å². The van der Waals surface area contributed by atoms with Gasteiger partial charge in [-0.15, -0.1) is 0 Å². The van der Waals surface area contributed by atoms with Gasteiger partial charge in [0.2, 0.25) is 10.0 Å². The van der Waals surface area contributed by atoms with Crippen LogP contribution in [0.3, 0.4) is 0 Å². The van der Waals surface area contributed by atoms with Gasteiger partial charge in [-0.1, -0.05) is 0 Å². The molecule has 0 atom stereocenters. The van der Waals surface area contributed by atoms with Crippen molar-refractivity contribution in [1.82, 2.24) is 14.3 Å². The molecule has 104 valence electrons. The van der Waals surface area contributed by atoms with Crippen molar-refractivity contribution >= 4 is 15.7 Å². The van der Waals surface area contributed by atoms with Crippen molar-refractivity contribution in [2.75, 3.05) is 12.3 Å². The normalized spacial score (nSPS) is 11.2. The molecule has 0 bridgehead atoms. The first-order valence-corrected chi connectivity index (χ1v) is 7.26. The molecule has 1 aromatic carbocycles. The van der Waals surface area contributed by atoms with Gasteiger partial charge in [0.15, 0.2) is 0 Å². The molecule has 0 aliphatic rings. The Morgan fingerprint density at radius 2 is 2.25 bits per heavy atom. The second-order valence-corrected chi connectivity index (χ2v) is 5.80. The number of nitrogens with one attached hydrogen (secondary N) is 1. The van der Waals surface area contributed by atoms with Crippen LogP contribution in [0.2, 0.25) is 0 Å². The molecule has 0 aliphatic carbocycles. The summed E-state index contributed by atoms with van der Waals surface area (Å²) in [6.07, 6.45) is 4.94. The van der Waals surface area contributed by atoms with Crippen LogP contribution in [0.15, 0.2) is 41.8 Å². The van der Waals surface area contributed by atoms with Crippen LogP contribution in [0.1, 0.15) is 5.56 Å². The van der Waals surface area contributed by atoms with Crippen LogP contribution in [0.4, 0.5) is 5.69 Å². The second-order valence-electron chi connectivity index (χ2n) is 4.07. The van der Waals surface area contributed by atoms with Crippen molar-refractivity contribution in [2.24, 2.45) is 0 Å². The molecule has 2 rings (SSSR count). The van der Waals surface area contributed by atoms with Gasteiger partial charge in [-0.2, -0.15) is 5.26 Å². The molecule has 3 N–H and O–H groups in total. The molecule has 0 saturated heterocycles. The lowest BCUT2D eigenvalue weighted by molar-refractivity contribution is 0.572. The number of aromatic nitrogens is 2. The van der Waals surface area contributed by atoms with Crippen molar-refractivity contribution in [3.05, 3.63) is 42.5 Å². The molecule has 0 unspecified atom stereocenters. The fraction of sp³-hybridized carbons (Fsp3) is 0.167. The zero-order chi connectivity index (χ0) is 14.6. The van der Waals surface area contributed by atoms with Crippen molar-refractivity contribution in [3.63, 3.8) is 0 Å².